The summed E-state index contributed by atoms with van der Waals surface area (Å²) in [5, 5.41) is 3.40. The SMILES string of the molecule is O=c1cnc2ccc(=O)n3c2n1C[C@H]3CN1CCC(NCc2ccc(C(F)(F)F)nc2)CC1. The normalized spacial score (nSPS) is 19.4. The molecule has 1 atom stereocenters. The highest BCUT2D eigenvalue weighted by Crippen LogP contribution is 2.27. The Morgan fingerprint density at radius 1 is 1.00 bits per heavy atom. The lowest BCUT2D eigenvalue weighted by molar-refractivity contribution is -0.141. The van der Waals surface area contributed by atoms with Gasteiger partial charge in [0.05, 0.1) is 12.2 Å². The van der Waals surface area contributed by atoms with E-state index in [1.807, 2.05) is 0 Å². The van der Waals surface area contributed by atoms with Gasteiger partial charge in [0, 0.05) is 37.9 Å². The van der Waals surface area contributed by atoms with Crippen LogP contribution in [-0.2, 0) is 19.3 Å². The van der Waals surface area contributed by atoms with Crippen molar-refractivity contribution in [3.8, 4) is 0 Å². The van der Waals surface area contributed by atoms with E-state index in [4.69, 9.17) is 0 Å². The molecule has 5 rings (SSSR count). The van der Waals surface area contributed by atoms with Crippen molar-refractivity contribution in [1.82, 2.24) is 29.3 Å². The van der Waals surface area contributed by atoms with Crippen LogP contribution in [0, 0.1) is 0 Å². The zero-order valence-corrected chi connectivity index (χ0v) is 17.8. The van der Waals surface area contributed by atoms with Gasteiger partial charge in [-0.15, -0.1) is 0 Å². The minimum atomic E-state index is -4.43. The fourth-order valence-electron chi connectivity index (χ4n) is 4.74. The second-order valence-corrected chi connectivity index (χ2v) is 8.62. The third-order valence-electron chi connectivity index (χ3n) is 6.44. The molecule has 11 heteroatoms. The molecule has 2 aliphatic rings. The molecule has 5 heterocycles. The minimum Gasteiger partial charge on any atom is -0.310 e. The van der Waals surface area contributed by atoms with Crippen LogP contribution >= 0.6 is 0 Å². The maximum Gasteiger partial charge on any atom is 0.433 e. The van der Waals surface area contributed by atoms with Crippen molar-refractivity contribution in [2.24, 2.45) is 0 Å². The monoisotopic (exact) mass is 460 g/mol. The molecule has 0 amide bonds. The van der Waals surface area contributed by atoms with E-state index in [9.17, 15) is 22.8 Å². The van der Waals surface area contributed by atoms with Crippen molar-refractivity contribution in [2.45, 2.75) is 44.2 Å². The number of alkyl halides is 3. The second-order valence-electron chi connectivity index (χ2n) is 8.62. The molecule has 3 aromatic heterocycles. The predicted octanol–water partition coefficient (Wildman–Crippen LogP) is 1.78. The summed E-state index contributed by atoms with van der Waals surface area (Å²) in [4.78, 5) is 34.7. The van der Waals surface area contributed by atoms with Gasteiger partial charge in [0.1, 0.15) is 16.9 Å². The molecule has 0 spiro atoms. The molecule has 2 aliphatic heterocycles. The van der Waals surface area contributed by atoms with Crippen LogP contribution in [0.15, 0.2) is 46.2 Å². The lowest BCUT2D eigenvalue weighted by atomic mass is 10.0. The highest BCUT2D eigenvalue weighted by Gasteiger charge is 2.32. The Labute approximate surface area is 186 Å². The summed E-state index contributed by atoms with van der Waals surface area (Å²) in [6.07, 6.45) is -0.107. The molecule has 0 saturated carbocycles. The summed E-state index contributed by atoms with van der Waals surface area (Å²) >= 11 is 0. The number of nitrogens with one attached hydrogen (secondary N) is 1. The van der Waals surface area contributed by atoms with E-state index < -0.39 is 11.9 Å². The topological polar surface area (TPSA) is 85.0 Å². The Kier molecular flexibility index (Phi) is 5.53. The van der Waals surface area contributed by atoms with E-state index in [1.165, 1.54) is 24.5 Å². The molecule has 0 bridgehead atoms. The first-order valence-corrected chi connectivity index (χ1v) is 10.9. The van der Waals surface area contributed by atoms with Crippen molar-refractivity contribution in [1.29, 1.82) is 0 Å². The van der Waals surface area contributed by atoms with Crippen LogP contribution in [0.25, 0.3) is 11.2 Å². The van der Waals surface area contributed by atoms with Crippen LogP contribution in [0.5, 0.6) is 0 Å². The fraction of sp³-hybridized carbons (Fsp3) is 0.455. The van der Waals surface area contributed by atoms with Gasteiger partial charge >= 0.3 is 6.18 Å². The van der Waals surface area contributed by atoms with Crippen LogP contribution in [0.3, 0.4) is 0 Å². The van der Waals surface area contributed by atoms with Gasteiger partial charge in [0.15, 0.2) is 0 Å². The summed E-state index contributed by atoms with van der Waals surface area (Å²) in [5.74, 6) is 0. The number of rotatable bonds is 5. The first-order valence-electron chi connectivity index (χ1n) is 10.9. The van der Waals surface area contributed by atoms with E-state index in [1.54, 1.807) is 15.2 Å². The Hall–Kier alpha value is -3.05. The van der Waals surface area contributed by atoms with Crippen molar-refractivity contribution in [2.75, 3.05) is 19.6 Å². The molecule has 1 fully saturated rings. The number of hydrogen-bond acceptors (Lipinski definition) is 6. The number of nitrogens with zero attached hydrogens (tertiary/aromatic N) is 5. The van der Waals surface area contributed by atoms with Gasteiger partial charge in [-0.3, -0.25) is 23.7 Å². The summed E-state index contributed by atoms with van der Waals surface area (Å²) in [6, 6.07) is 5.72. The maximum absolute atomic E-state index is 12.6. The molecule has 0 unspecified atom stereocenters. The van der Waals surface area contributed by atoms with E-state index >= 15 is 0 Å². The van der Waals surface area contributed by atoms with Gasteiger partial charge < -0.3 is 10.2 Å². The lowest BCUT2D eigenvalue weighted by Crippen LogP contribution is -2.44. The van der Waals surface area contributed by atoms with Crippen LogP contribution < -0.4 is 16.4 Å². The summed E-state index contributed by atoms with van der Waals surface area (Å²) < 4.78 is 41.2. The number of likely N-dealkylation sites (tertiary alicyclic amines) is 1. The molecule has 1 N–H and O–H groups in total. The van der Waals surface area contributed by atoms with Crippen LogP contribution in [0.1, 0.15) is 30.1 Å². The van der Waals surface area contributed by atoms with Gasteiger partial charge in [-0.1, -0.05) is 6.07 Å². The quantitative estimate of drug-likeness (QED) is 0.625. The standard InChI is InChI=1S/C22H23F3N6O2/c23-22(24,25)18-3-1-14(10-28-18)9-26-15-5-7-29(8-6-15)12-16-13-30-20(33)11-27-17-2-4-19(32)31(16)21(17)30/h1-4,10-11,15-16,26H,5-9,12-13H2/t16-/m1/s1. The first kappa shape index (κ1) is 21.8. The highest BCUT2D eigenvalue weighted by molar-refractivity contribution is 5.71. The molecule has 0 aromatic carbocycles. The largest absolute Gasteiger partial charge is 0.433 e. The average molecular weight is 460 g/mol. The average Bonchev–Trinajstić information content (AvgIpc) is 3.18. The van der Waals surface area contributed by atoms with Gasteiger partial charge in [-0.25, -0.2) is 4.98 Å². The fourth-order valence-corrected chi connectivity index (χ4v) is 4.74. The third-order valence-corrected chi connectivity index (χ3v) is 6.44. The number of piperidine rings is 1. The smallest absolute Gasteiger partial charge is 0.310 e. The first-order chi connectivity index (χ1) is 15.8. The van der Waals surface area contributed by atoms with Crippen LogP contribution in [-0.4, -0.2) is 49.7 Å². The Morgan fingerprint density at radius 2 is 1.79 bits per heavy atom. The summed E-state index contributed by atoms with van der Waals surface area (Å²) in [7, 11) is 0. The molecule has 0 radical (unpaired) electrons. The molecule has 33 heavy (non-hydrogen) atoms. The number of hydrogen-bond donors (Lipinski definition) is 1. The van der Waals surface area contributed by atoms with Crippen LogP contribution in [0.4, 0.5) is 13.2 Å². The molecular formula is C22H23F3N6O2. The van der Waals surface area contributed by atoms with Gasteiger partial charge in [-0.05, 0) is 43.6 Å². The number of pyridine rings is 2. The third kappa shape index (κ3) is 4.30. The molecule has 0 aliphatic carbocycles. The zero-order valence-electron chi connectivity index (χ0n) is 17.8. The summed E-state index contributed by atoms with van der Waals surface area (Å²) in [6.45, 7) is 3.23. The van der Waals surface area contributed by atoms with E-state index in [0.29, 0.717) is 36.4 Å². The zero-order chi connectivity index (χ0) is 23.2. The van der Waals surface area contributed by atoms with Gasteiger partial charge in [-0.2, -0.15) is 13.2 Å². The summed E-state index contributed by atoms with van der Waals surface area (Å²) in [5.41, 5.74) is 0.707. The van der Waals surface area contributed by atoms with Gasteiger partial charge in [0.2, 0.25) is 0 Å². The van der Waals surface area contributed by atoms with Crippen molar-refractivity contribution >= 4 is 11.2 Å². The predicted molar refractivity (Wildman–Crippen MR) is 115 cm³/mol. The minimum absolute atomic E-state index is 0.124. The van der Waals surface area contributed by atoms with E-state index in [-0.39, 0.29) is 23.2 Å². The maximum atomic E-state index is 12.6. The molecule has 174 valence electrons. The Bertz CT molecular complexity index is 1270. The lowest BCUT2D eigenvalue weighted by Gasteiger charge is -2.34. The number of halogens is 3. The second kappa shape index (κ2) is 8.38. The van der Waals surface area contributed by atoms with Crippen molar-refractivity contribution in [3.05, 3.63) is 68.6 Å². The highest BCUT2D eigenvalue weighted by atomic mass is 19.4. The van der Waals surface area contributed by atoms with Crippen LogP contribution in [0.2, 0.25) is 0 Å². The molecular weight excluding hydrogens is 437 g/mol. The molecule has 8 nitrogen and oxygen atoms in total. The van der Waals surface area contributed by atoms with Crippen molar-refractivity contribution in [3.63, 3.8) is 0 Å². The molecule has 1 saturated heterocycles. The van der Waals surface area contributed by atoms with Crippen molar-refractivity contribution < 1.29 is 13.2 Å². The number of aromatic nitrogens is 4. The molecule has 3 aromatic rings. The Balaban J connectivity index is 1.17. The van der Waals surface area contributed by atoms with E-state index in [2.05, 4.69) is 20.2 Å². The Morgan fingerprint density at radius 3 is 2.48 bits per heavy atom. The van der Waals surface area contributed by atoms with E-state index in [0.717, 1.165) is 32.0 Å². The van der Waals surface area contributed by atoms with Gasteiger partial charge in [0.25, 0.3) is 11.1 Å².